The Morgan fingerprint density at radius 3 is 2.13 bits per heavy atom. The highest BCUT2D eigenvalue weighted by atomic mass is 35.5. The first kappa shape index (κ1) is 29.0. The Labute approximate surface area is 233 Å². The van der Waals surface area contributed by atoms with Gasteiger partial charge < -0.3 is 24.2 Å². The number of nitrogens with zero attached hydrogens (tertiary/aromatic N) is 1. The number of rotatable bonds is 6. The molecule has 1 aliphatic heterocycles. The molecule has 212 valence electrons. The Morgan fingerprint density at radius 1 is 0.974 bits per heavy atom. The molecule has 2 aromatic rings. The van der Waals surface area contributed by atoms with Gasteiger partial charge in [-0.2, -0.15) is 0 Å². The monoisotopic (exact) mass is 579 g/mol. The first-order chi connectivity index (χ1) is 18.2. The number of hydrogen-bond acceptors (Lipinski definition) is 7. The summed E-state index contributed by atoms with van der Waals surface area (Å²) in [4.78, 5) is 26.5. The van der Waals surface area contributed by atoms with E-state index in [1.165, 1.54) is 18.2 Å². The zero-order chi connectivity index (χ0) is 28.6. The van der Waals surface area contributed by atoms with E-state index in [0.29, 0.717) is 43.9 Å². The van der Waals surface area contributed by atoms with E-state index in [1.54, 1.807) is 57.0 Å². The van der Waals surface area contributed by atoms with Crippen LogP contribution in [-0.2, 0) is 19.4 Å². The maximum absolute atomic E-state index is 13.9. The second-order valence-electron chi connectivity index (χ2n) is 11.3. The van der Waals surface area contributed by atoms with Crippen LogP contribution in [0.25, 0.3) is 0 Å². The molecular formula is C28H34ClNO8S. The van der Waals surface area contributed by atoms with E-state index in [1.807, 2.05) is 0 Å². The molecule has 1 saturated carbocycles. The first-order valence-corrected chi connectivity index (χ1v) is 14.6. The molecule has 1 saturated heterocycles. The molecule has 2 aliphatic rings. The fraction of sp³-hybridized carbons (Fsp3) is 0.500. The summed E-state index contributed by atoms with van der Waals surface area (Å²) in [5, 5.41) is 10.3. The molecule has 0 radical (unpaired) electrons. The highest BCUT2D eigenvalue weighted by molar-refractivity contribution is 7.93. The van der Waals surface area contributed by atoms with Crippen LogP contribution in [0.2, 0.25) is 5.02 Å². The van der Waals surface area contributed by atoms with Gasteiger partial charge >= 0.3 is 12.1 Å². The van der Waals surface area contributed by atoms with Crippen LogP contribution in [0.5, 0.6) is 17.2 Å². The Kier molecular flexibility index (Phi) is 7.84. The smallest absolute Gasteiger partial charge is 0.410 e. The number of benzene rings is 2. The van der Waals surface area contributed by atoms with E-state index >= 15 is 0 Å². The molecule has 0 bridgehead atoms. The van der Waals surface area contributed by atoms with Crippen LogP contribution in [0.3, 0.4) is 0 Å². The van der Waals surface area contributed by atoms with Gasteiger partial charge in [0.25, 0.3) is 0 Å². The Balaban J connectivity index is 1.52. The van der Waals surface area contributed by atoms with Crippen LogP contribution in [0.4, 0.5) is 4.79 Å². The van der Waals surface area contributed by atoms with Gasteiger partial charge in [-0.05, 0) is 101 Å². The third kappa shape index (κ3) is 5.82. The van der Waals surface area contributed by atoms with Gasteiger partial charge in [0, 0.05) is 13.1 Å². The number of hydrogen-bond donors (Lipinski definition) is 1. The molecule has 1 spiro atoms. The van der Waals surface area contributed by atoms with Crippen LogP contribution in [-0.4, -0.2) is 61.0 Å². The van der Waals surface area contributed by atoms with Crippen molar-refractivity contribution in [2.45, 2.75) is 68.1 Å². The molecule has 1 heterocycles. The van der Waals surface area contributed by atoms with Crippen LogP contribution in [0.15, 0.2) is 47.4 Å². The summed E-state index contributed by atoms with van der Waals surface area (Å²) in [6.45, 7) is 6.15. The molecule has 1 N–H and O–H groups in total. The van der Waals surface area contributed by atoms with Gasteiger partial charge in [0.15, 0.2) is 14.6 Å². The predicted octanol–water partition coefficient (Wildman–Crippen LogP) is 5.94. The molecule has 11 heteroatoms. The van der Waals surface area contributed by atoms with Gasteiger partial charge in [-0.1, -0.05) is 11.6 Å². The summed E-state index contributed by atoms with van der Waals surface area (Å²) in [6.07, 6.45) is 0.991. The van der Waals surface area contributed by atoms with Gasteiger partial charge in [-0.3, -0.25) is 4.79 Å². The van der Waals surface area contributed by atoms with E-state index in [4.69, 9.17) is 25.8 Å². The number of sulfone groups is 1. The van der Waals surface area contributed by atoms with E-state index in [2.05, 4.69) is 0 Å². The Morgan fingerprint density at radius 2 is 1.59 bits per heavy atom. The zero-order valence-electron chi connectivity index (χ0n) is 22.5. The third-order valence-corrected chi connectivity index (χ3v) is 10.3. The van der Waals surface area contributed by atoms with Gasteiger partial charge in [0.05, 0.1) is 17.0 Å². The number of likely N-dealkylation sites (tertiary alicyclic amines) is 1. The molecule has 1 atom stereocenters. The van der Waals surface area contributed by atoms with E-state index in [-0.39, 0.29) is 28.5 Å². The van der Waals surface area contributed by atoms with Crippen molar-refractivity contribution in [3.05, 3.63) is 47.5 Å². The highest BCUT2D eigenvalue weighted by Gasteiger charge is 2.61. The molecular weight excluding hydrogens is 546 g/mol. The summed E-state index contributed by atoms with van der Waals surface area (Å²) in [5.41, 5.74) is -1.12. The summed E-state index contributed by atoms with van der Waals surface area (Å²) in [6, 6.07) is 10.8. The topological polar surface area (TPSA) is 119 Å². The van der Waals surface area contributed by atoms with Crippen molar-refractivity contribution in [2.75, 3.05) is 20.2 Å². The molecule has 1 amide bonds. The largest absolute Gasteiger partial charge is 0.497 e. The van der Waals surface area contributed by atoms with Gasteiger partial charge in [-0.15, -0.1) is 0 Å². The summed E-state index contributed by atoms with van der Waals surface area (Å²) in [7, 11) is -2.76. The number of carboxylic acid groups (broad SMARTS) is 1. The van der Waals surface area contributed by atoms with Crippen molar-refractivity contribution >= 4 is 33.5 Å². The normalized spacial score (nSPS) is 21.0. The van der Waals surface area contributed by atoms with E-state index in [9.17, 15) is 23.1 Å². The maximum atomic E-state index is 13.9. The van der Waals surface area contributed by atoms with E-state index in [0.717, 1.165) is 0 Å². The van der Waals surface area contributed by atoms with Crippen LogP contribution in [0, 0.1) is 5.41 Å². The first-order valence-electron chi connectivity index (χ1n) is 12.8. The lowest BCUT2D eigenvalue weighted by Gasteiger charge is -2.40. The van der Waals surface area contributed by atoms with Crippen molar-refractivity contribution < 1.29 is 37.3 Å². The van der Waals surface area contributed by atoms with Gasteiger partial charge in [0.2, 0.25) is 0 Å². The predicted molar refractivity (Wildman–Crippen MR) is 145 cm³/mol. The Hall–Kier alpha value is -2.98. The number of amides is 1. The minimum Gasteiger partial charge on any atom is -0.497 e. The number of methoxy groups -OCH3 is 1. The lowest BCUT2D eigenvalue weighted by Crippen LogP contribution is -2.48. The van der Waals surface area contributed by atoms with Crippen LogP contribution >= 0.6 is 11.6 Å². The van der Waals surface area contributed by atoms with E-state index < -0.39 is 37.7 Å². The number of ether oxygens (including phenoxy) is 3. The molecule has 1 aliphatic carbocycles. The standard InChI is InChI=1S/C28H34ClNO8S/c1-26(2,3)38-25(33)30-15-13-27(14-16-30)11-12-28(18-27,24(31)32)39(34,35)21-9-10-23(22(29)17-21)37-20-7-5-19(36-4)6-8-20/h5-10,17H,11-16,18H2,1-4H3,(H,31,32). The number of carbonyl (C=O) groups is 2. The van der Waals surface area contributed by atoms with Gasteiger partial charge in [0.1, 0.15) is 22.8 Å². The second kappa shape index (κ2) is 10.5. The van der Waals surface area contributed by atoms with Crippen molar-refractivity contribution in [3.8, 4) is 17.2 Å². The van der Waals surface area contributed by atoms with Crippen LogP contribution < -0.4 is 9.47 Å². The number of carboxylic acids is 1. The lowest BCUT2D eigenvalue weighted by atomic mass is 9.76. The maximum Gasteiger partial charge on any atom is 0.410 e. The van der Waals surface area contributed by atoms with Crippen molar-refractivity contribution in [1.29, 1.82) is 0 Å². The summed E-state index contributed by atoms with van der Waals surface area (Å²) in [5.74, 6) is -0.00401. The fourth-order valence-corrected chi connectivity index (χ4v) is 7.77. The van der Waals surface area contributed by atoms with Gasteiger partial charge in [-0.25, -0.2) is 13.2 Å². The molecule has 39 heavy (non-hydrogen) atoms. The highest BCUT2D eigenvalue weighted by Crippen LogP contribution is 2.55. The summed E-state index contributed by atoms with van der Waals surface area (Å²) >= 11 is 6.40. The number of halogens is 1. The second-order valence-corrected chi connectivity index (χ2v) is 14.0. The fourth-order valence-electron chi connectivity index (χ4n) is 5.42. The van der Waals surface area contributed by atoms with Crippen molar-refractivity contribution in [1.82, 2.24) is 4.90 Å². The molecule has 0 aromatic heterocycles. The lowest BCUT2D eigenvalue weighted by molar-refractivity contribution is -0.140. The van der Waals surface area contributed by atoms with Crippen molar-refractivity contribution in [3.63, 3.8) is 0 Å². The number of carbonyl (C=O) groups excluding carboxylic acids is 1. The average molecular weight is 580 g/mol. The molecule has 9 nitrogen and oxygen atoms in total. The Bertz CT molecular complexity index is 1340. The number of piperidine rings is 1. The zero-order valence-corrected chi connectivity index (χ0v) is 24.1. The minimum atomic E-state index is -4.31. The molecule has 2 aromatic carbocycles. The average Bonchev–Trinajstić information content (AvgIpc) is 3.26. The number of aliphatic carboxylic acids is 1. The minimum absolute atomic E-state index is 0.0151. The quantitative estimate of drug-likeness (QED) is 0.446. The van der Waals surface area contributed by atoms with Crippen molar-refractivity contribution in [2.24, 2.45) is 5.41 Å². The third-order valence-electron chi connectivity index (χ3n) is 7.60. The summed E-state index contributed by atoms with van der Waals surface area (Å²) < 4.78 is 42.1. The molecule has 1 unspecified atom stereocenters. The van der Waals surface area contributed by atoms with Crippen LogP contribution in [0.1, 0.15) is 52.9 Å². The molecule has 4 rings (SSSR count). The molecule has 2 fully saturated rings. The SMILES string of the molecule is COc1ccc(Oc2ccc(S(=O)(=O)C3(C(=O)O)CCC4(CCN(C(=O)OC(C)(C)C)CC4)C3)cc2Cl)cc1.